The van der Waals surface area contributed by atoms with Gasteiger partial charge in [-0.3, -0.25) is 14.6 Å². The molecule has 0 radical (unpaired) electrons. The van der Waals surface area contributed by atoms with Gasteiger partial charge in [0, 0.05) is 29.3 Å². The molecular weight excluding hydrogens is 449 g/mol. The van der Waals surface area contributed by atoms with Gasteiger partial charge in [0.15, 0.2) is 17.3 Å². The van der Waals surface area contributed by atoms with Crippen LogP contribution in [-0.4, -0.2) is 38.3 Å². The molecule has 0 spiro atoms. The minimum absolute atomic E-state index is 0.0649. The number of carbonyl (C=O) groups is 2. The van der Waals surface area contributed by atoms with Crippen LogP contribution in [0.15, 0.2) is 58.7 Å². The number of hydrogen-bond acceptors (Lipinski definition) is 6. The Labute approximate surface area is 204 Å². The van der Waals surface area contributed by atoms with Gasteiger partial charge in [-0.25, -0.2) is 4.39 Å². The molecule has 1 aliphatic carbocycles. The number of carbonyl (C=O) groups excluding carboxylic acids is 2. The van der Waals surface area contributed by atoms with Crippen molar-refractivity contribution in [2.24, 2.45) is 10.9 Å². The van der Waals surface area contributed by atoms with E-state index in [0.717, 1.165) is 5.56 Å². The van der Waals surface area contributed by atoms with E-state index in [1.165, 1.54) is 12.1 Å². The van der Waals surface area contributed by atoms with E-state index in [9.17, 15) is 14.0 Å². The van der Waals surface area contributed by atoms with Gasteiger partial charge in [-0.05, 0) is 61.1 Å². The van der Waals surface area contributed by atoms with Crippen LogP contribution in [0.5, 0.6) is 11.5 Å². The molecule has 4 rings (SSSR count). The molecule has 0 saturated carbocycles. The lowest BCUT2D eigenvalue weighted by atomic mass is 9.69. The lowest BCUT2D eigenvalue weighted by Crippen LogP contribution is -2.38. The molecule has 7 heteroatoms. The molecule has 2 aromatic rings. The lowest BCUT2D eigenvalue weighted by molar-refractivity contribution is -0.146. The second kappa shape index (κ2) is 10.4. The molecule has 2 aromatic carbocycles. The Bertz CT molecular complexity index is 1180. The molecule has 0 amide bonds. The van der Waals surface area contributed by atoms with Gasteiger partial charge in [0.1, 0.15) is 11.7 Å². The zero-order valence-electron chi connectivity index (χ0n) is 20.5. The number of esters is 1. The van der Waals surface area contributed by atoms with Crippen molar-refractivity contribution in [3.8, 4) is 11.5 Å². The molecule has 0 bridgehead atoms. The maximum Gasteiger partial charge on any atom is 0.315 e. The van der Waals surface area contributed by atoms with E-state index in [2.05, 4.69) is 0 Å². The van der Waals surface area contributed by atoms with E-state index in [1.807, 2.05) is 25.1 Å². The number of methoxy groups -OCH3 is 2. The largest absolute Gasteiger partial charge is 0.493 e. The highest BCUT2D eigenvalue weighted by molar-refractivity contribution is 6.09. The number of allylic oxidation sites excluding steroid dienone is 2. The van der Waals surface area contributed by atoms with Crippen molar-refractivity contribution < 1.29 is 28.2 Å². The number of halogens is 1. The first-order valence-corrected chi connectivity index (χ1v) is 11.8. The highest BCUT2D eigenvalue weighted by Gasteiger charge is 2.44. The van der Waals surface area contributed by atoms with Crippen molar-refractivity contribution in [1.82, 2.24) is 0 Å². The number of hydrogen-bond donors (Lipinski definition) is 0. The molecule has 3 atom stereocenters. The third-order valence-corrected chi connectivity index (χ3v) is 6.70. The SMILES string of the molecule is CCCOC(=O)C1C(C)=NC2=C(C(=O)C[C@@H](c3ccc(OC)c(OC)c3)C2)[C@H]1c1ccc(F)cc1. The number of ketones is 1. The van der Waals surface area contributed by atoms with E-state index < -0.39 is 17.8 Å². The zero-order valence-corrected chi connectivity index (χ0v) is 20.5. The first-order valence-electron chi connectivity index (χ1n) is 11.8. The zero-order chi connectivity index (χ0) is 25.1. The molecule has 6 nitrogen and oxygen atoms in total. The Morgan fingerprint density at radius 3 is 2.37 bits per heavy atom. The Morgan fingerprint density at radius 2 is 1.71 bits per heavy atom. The first-order chi connectivity index (χ1) is 16.9. The van der Waals surface area contributed by atoms with Crippen LogP contribution in [0.25, 0.3) is 0 Å². The van der Waals surface area contributed by atoms with Crippen molar-refractivity contribution in [2.75, 3.05) is 20.8 Å². The first kappa shape index (κ1) is 24.6. The van der Waals surface area contributed by atoms with Crippen LogP contribution in [0, 0.1) is 11.7 Å². The summed E-state index contributed by atoms with van der Waals surface area (Å²) in [4.78, 5) is 31.5. The fraction of sp³-hybridized carbons (Fsp3) is 0.393. The standard InChI is InChI=1S/C28H30FNO5/c1-5-12-35-28(32)25-16(2)30-21-13-19(18-8-11-23(33-3)24(15-18)34-4)14-22(31)27(21)26(25)17-6-9-20(29)10-7-17/h6-11,15,19,25-26H,5,12-14H2,1-4H3/t19-,25?,26-/m0/s1. The van der Waals surface area contributed by atoms with Crippen molar-refractivity contribution >= 4 is 17.5 Å². The van der Waals surface area contributed by atoms with Crippen LogP contribution in [0.1, 0.15) is 56.1 Å². The number of aliphatic imine (C=N–C) groups is 1. The highest BCUT2D eigenvalue weighted by Crippen LogP contribution is 2.47. The molecule has 0 aromatic heterocycles. The highest BCUT2D eigenvalue weighted by atomic mass is 19.1. The van der Waals surface area contributed by atoms with Gasteiger partial charge in [-0.2, -0.15) is 0 Å². The molecule has 2 aliphatic rings. The number of rotatable bonds is 7. The average Bonchev–Trinajstić information content (AvgIpc) is 2.86. The van der Waals surface area contributed by atoms with Crippen molar-refractivity contribution in [3.05, 3.63) is 70.7 Å². The number of Topliss-reactive ketones (excluding diaryl/α,β-unsaturated/α-hetero) is 1. The molecule has 0 N–H and O–H groups in total. The molecular formula is C28H30FNO5. The Hall–Kier alpha value is -3.48. The predicted octanol–water partition coefficient (Wildman–Crippen LogP) is 5.37. The maximum absolute atomic E-state index is 13.7. The Balaban J connectivity index is 1.75. The normalized spacial score (nSPS) is 21.8. The molecule has 1 aliphatic heterocycles. The van der Waals surface area contributed by atoms with Gasteiger partial charge >= 0.3 is 5.97 Å². The third kappa shape index (κ3) is 4.85. The summed E-state index contributed by atoms with van der Waals surface area (Å²) in [5.74, 6) is -1.02. The van der Waals surface area contributed by atoms with E-state index in [1.54, 1.807) is 33.3 Å². The molecule has 1 heterocycles. The van der Waals surface area contributed by atoms with Gasteiger partial charge in [0.2, 0.25) is 0 Å². The van der Waals surface area contributed by atoms with Crippen LogP contribution in [0.3, 0.4) is 0 Å². The summed E-state index contributed by atoms with van der Waals surface area (Å²) in [6.07, 6.45) is 1.51. The number of benzene rings is 2. The van der Waals surface area contributed by atoms with E-state index >= 15 is 0 Å². The Kier molecular flexibility index (Phi) is 7.34. The minimum Gasteiger partial charge on any atom is -0.493 e. The summed E-state index contributed by atoms with van der Waals surface area (Å²) in [6, 6.07) is 11.6. The van der Waals surface area contributed by atoms with Crippen LogP contribution in [0.2, 0.25) is 0 Å². The van der Waals surface area contributed by atoms with Crippen molar-refractivity contribution in [2.45, 2.75) is 44.9 Å². The fourth-order valence-electron chi connectivity index (χ4n) is 5.03. The monoisotopic (exact) mass is 479 g/mol. The number of nitrogens with zero attached hydrogens (tertiary/aromatic N) is 1. The van der Waals surface area contributed by atoms with Crippen LogP contribution >= 0.6 is 0 Å². The van der Waals surface area contributed by atoms with Crippen molar-refractivity contribution in [1.29, 1.82) is 0 Å². The second-order valence-electron chi connectivity index (χ2n) is 8.93. The summed E-state index contributed by atoms with van der Waals surface area (Å²) in [7, 11) is 3.16. The van der Waals surface area contributed by atoms with Crippen LogP contribution in [-0.2, 0) is 14.3 Å². The average molecular weight is 480 g/mol. The summed E-state index contributed by atoms with van der Waals surface area (Å²) >= 11 is 0. The van der Waals surface area contributed by atoms with Gasteiger partial charge in [-0.15, -0.1) is 0 Å². The second-order valence-corrected chi connectivity index (χ2v) is 8.93. The van der Waals surface area contributed by atoms with Gasteiger partial charge in [0.05, 0.1) is 20.8 Å². The fourth-order valence-corrected chi connectivity index (χ4v) is 5.03. The third-order valence-electron chi connectivity index (χ3n) is 6.70. The predicted molar refractivity (Wildman–Crippen MR) is 131 cm³/mol. The van der Waals surface area contributed by atoms with E-state index in [0.29, 0.717) is 53.5 Å². The summed E-state index contributed by atoms with van der Waals surface area (Å²) in [5, 5.41) is 0. The van der Waals surface area contributed by atoms with E-state index in [-0.39, 0.29) is 23.9 Å². The molecule has 0 fully saturated rings. The Morgan fingerprint density at radius 1 is 1.03 bits per heavy atom. The van der Waals surface area contributed by atoms with Crippen LogP contribution < -0.4 is 9.47 Å². The van der Waals surface area contributed by atoms with Gasteiger partial charge < -0.3 is 14.2 Å². The minimum atomic E-state index is -0.729. The summed E-state index contributed by atoms with van der Waals surface area (Å²) < 4.78 is 30.0. The summed E-state index contributed by atoms with van der Waals surface area (Å²) in [5.41, 5.74) is 3.45. The number of ether oxygens (including phenoxy) is 3. The topological polar surface area (TPSA) is 74.2 Å². The van der Waals surface area contributed by atoms with Crippen LogP contribution in [0.4, 0.5) is 4.39 Å². The molecule has 0 saturated heterocycles. The van der Waals surface area contributed by atoms with Gasteiger partial charge in [-0.1, -0.05) is 25.1 Å². The molecule has 1 unspecified atom stereocenters. The molecule has 35 heavy (non-hydrogen) atoms. The van der Waals surface area contributed by atoms with E-state index in [4.69, 9.17) is 19.2 Å². The smallest absolute Gasteiger partial charge is 0.315 e. The molecule has 184 valence electrons. The quantitative estimate of drug-likeness (QED) is 0.499. The van der Waals surface area contributed by atoms with Gasteiger partial charge in [0.25, 0.3) is 0 Å². The maximum atomic E-state index is 13.7. The lowest BCUT2D eigenvalue weighted by Gasteiger charge is -2.36. The van der Waals surface area contributed by atoms with Crippen molar-refractivity contribution in [3.63, 3.8) is 0 Å². The summed E-state index contributed by atoms with van der Waals surface area (Å²) in [6.45, 7) is 4.01.